The minimum atomic E-state index is -0.623. The lowest BCUT2D eigenvalue weighted by Crippen LogP contribution is -2.42. The monoisotopic (exact) mass is 738 g/mol. The van der Waals surface area contributed by atoms with Gasteiger partial charge in [0, 0.05) is 42.2 Å². The molecule has 2 aromatic rings. The highest BCUT2D eigenvalue weighted by atomic mass is 32.2. The van der Waals surface area contributed by atoms with Crippen molar-refractivity contribution >= 4 is 35.6 Å². The third-order valence-electron chi connectivity index (χ3n) is 10.8. The van der Waals surface area contributed by atoms with E-state index in [2.05, 4.69) is 21.3 Å². The van der Waals surface area contributed by atoms with Gasteiger partial charge in [-0.1, -0.05) is 12.8 Å². The van der Waals surface area contributed by atoms with Crippen LogP contribution in [0, 0.1) is 11.8 Å². The Morgan fingerprint density at radius 1 is 0.904 bits per heavy atom. The highest BCUT2D eigenvalue weighted by molar-refractivity contribution is 8.00. The number of amides is 4. The quantitative estimate of drug-likeness (QED) is 0.102. The Balaban J connectivity index is 0.921. The minimum Gasteiger partial charge on any atom is -0.502 e. The molecule has 52 heavy (non-hydrogen) atoms. The third kappa shape index (κ3) is 7.24. The summed E-state index contributed by atoms with van der Waals surface area (Å²) in [6.45, 7) is 0.763. The average molecular weight is 739 g/mol. The van der Waals surface area contributed by atoms with Gasteiger partial charge in [0.15, 0.2) is 23.0 Å². The lowest BCUT2D eigenvalue weighted by molar-refractivity contribution is -0.141. The zero-order chi connectivity index (χ0) is 36.4. The number of fused-ring (bicyclic) bond motifs is 4. The number of thioether (sulfide) groups is 1. The van der Waals surface area contributed by atoms with Gasteiger partial charge in [-0.25, -0.2) is 4.79 Å². The number of hydrogen-bond donors (Lipinski definition) is 5. The number of phenolic OH excluding ortho intramolecular Hbond substituents is 1. The van der Waals surface area contributed by atoms with Gasteiger partial charge >= 0.3 is 12.0 Å². The number of nitrogens with one attached hydrogen (secondary N) is 4. The molecule has 3 saturated heterocycles. The fourth-order valence-corrected chi connectivity index (χ4v) is 9.81. The second-order valence-corrected chi connectivity index (χ2v) is 15.3. The highest BCUT2D eigenvalue weighted by Gasteiger charge is 2.53. The molecule has 4 aliphatic heterocycles. The van der Waals surface area contributed by atoms with Crippen LogP contribution in [0.3, 0.4) is 0 Å². The van der Waals surface area contributed by atoms with Crippen molar-refractivity contribution in [3.8, 4) is 28.7 Å². The molecule has 0 unspecified atom stereocenters. The van der Waals surface area contributed by atoms with Crippen molar-refractivity contribution in [2.75, 3.05) is 39.9 Å². The largest absolute Gasteiger partial charge is 0.502 e. The maximum atomic E-state index is 13.4. The van der Waals surface area contributed by atoms with E-state index in [9.17, 15) is 24.3 Å². The maximum absolute atomic E-state index is 13.4. The first kappa shape index (κ1) is 35.9. The molecule has 5 N–H and O–H groups in total. The summed E-state index contributed by atoms with van der Waals surface area (Å²) in [6.07, 6.45) is 5.69. The van der Waals surface area contributed by atoms with E-state index in [4.69, 9.17) is 23.7 Å². The third-order valence-corrected chi connectivity index (χ3v) is 12.4. The van der Waals surface area contributed by atoms with Crippen LogP contribution in [-0.4, -0.2) is 86.2 Å². The van der Waals surface area contributed by atoms with E-state index in [1.54, 1.807) is 12.1 Å². The molecular weight excluding hydrogens is 692 g/mol. The molecule has 4 amide bonds. The number of ether oxygens (including phenoxy) is 5. The summed E-state index contributed by atoms with van der Waals surface area (Å²) in [6, 6.07) is 6.95. The molecule has 3 fully saturated rings. The van der Waals surface area contributed by atoms with Gasteiger partial charge in [0.2, 0.25) is 24.4 Å². The van der Waals surface area contributed by atoms with Gasteiger partial charge in [0.05, 0.1) is 44.9 Å². The van der Waals surface area contributed by atoms with Crippen LogP contribution in [0.5, 0.6) is 28.7 Å². The zero-order valence-electron chi connectivity index (χ0n) is 29.4. The minimum absolute atomic E-state index is 0.0349. The fourth-order valence-electron chi connectivity index (χ4n) is 8.26. The van der Waals surface area contributed by atoms with Gasteiger partial charge in [-0.2, -0.15) is 11.8 Å². The number of phenols is 1. The number of cyclic esters (lactones) is 1. The van der Waals surface area contributed by atoms with E-state index in [-0.39, 0.29) is 72.5 Å². The topological polar surface area (TPSA) is 183 Å². The molecule has 0 bridgehead atoms. The fraction of sp³-hybridized carbons (Fsp3) is 0.568. The second-order valence-electron chi connectivity index (χ2n) is 14.0. The van der Waals surface area contributed by atoms with Crippen molar-refractivity contribution in [1.29, 1.82) is 0 Å². The molecule has 7 rings (SSSR count). The molecule has 0 radical (unpaired) electrons. The van der Waals surface area contributed by atoms with E-state index in [1.807, 2.05) is 23.9 Å². The van der Waals surface area contributed by atoms with Crippen molar-refractivity contribution in [2.24, 2.45) is 11.8 Å². The molecule has 1 aliphatic carbocycles. The van der Waals surface area contributed by atoms with Crippen LogP contribution >= 0.6 is 11.8 Å². The highest BCUT2D eigenvalue weighted by Crippen LogP contribution is 2.55. The first-order valence-electron chi connectivity index (χ1n) is 18.0. The first-order chi connectivity index (χ1) is 25.2. The Kier molecular flexibility index (Phi) is 10.8. The van der Waals surface area contributed by atoms with Gasteiger partial charge in [-0.15, -0.1) is 0 Å². The molecule has 4 heterocycles. The molecule has 0 spiro atoms. The summed E-state index contributed by atoms with van der Waals surface area (Å²) in [5, 5.41) is 23.2. The van der Waals surface area contributed by atoms with Crippen LogP contribution in [0.1, 0.15) is 80.0 Å². The van der Waals surface area contributed by atoms with Gasteiger partial charge in [-0.05, 0) is 66.6 Å². The second kappa shape index (κ2) is 15.6. The molecule has 5 aliphatic rings. The standard InChI is InChI=1S/C37H46N4O10S/c1-47-26-12-19(13-27(48-2)35(26)44)31-20-14-24-25(51-18-50-24)15-21(20)33(22-16-49-36(45)32(22)31)40-30(43)10-4-3-7-11-38-29(42)9-6-5-8-28-34-23(17-52-28)39-37(46)41-34/h12-15,22-23,28,31-34,44H,3-11,16-18H2,1-2H3,(H,38,42)(H,40,43)(H2,39,41,46)/t22-,23-,28-,31+,32-,33+,34-/m0/s1. The average Bonchev–Trinajstić information content (AvgIpc) is 3.93. The summed E-state index contributed by atoms with van der Waals surface area (Å²) in [7, 11) is 2.90. The van der Waals surface area contributed by atoms with E-state index in [0.717, 1.165) is 49.0 Å². The van der Waals surface area contributed by atoms with Crippen molar-refractivity contribution in [1.82, 2.24) is 21.3 Å². The number of esters is 1. The molecular formula is C37H46N4O10S. The number of rotatable bonds is 15. The maximum Gasteiger partial charge on any atom is 0.315 e. The van der Waals surface area contributed by atoms with E-state index >= 15 is 0 Å². The van der Waals surface area contributed by atoms with Gasteiger partial charge in [-0.3, -0.25) is 14.4 Å². The molecule has 0 aromatic heterocycles. The molecule has 15 heteroatoms. The first-order valence-corrected chi connectivity index (χ1v) is 19.1. The van der Waals surface area contributed by atoms with Crippen LogP contribution in [0.25, 0.3) is 0 Å². The number of hydrogen-bond acceptors (Lipinski definition) is 11. The number of aromatic hydroxyl groups is 1. The number of carbonyl (C=O) groups is 4. The Labute approximate surface area is 306 Å². The van der Waals surface area contributed by atoms with Crippen LogP contribution in [-0.2, 0) is 19.1 Å². The summed E-state index contributed by atoms with van der Waals surface area (Å²) in [4.78, 5) is 50.7. The summed E-state index contributed by atoms with van der Waals surface area (Å²) in [5.41, 5.74) is 2.28. The van der Waals surface area contributed by atoms with Crippen molar-refractivity contribution < 1.29 is 48.0 Å². The van der Waals surface area contributed by atoms with Crippen LogP contribution in [0.4, 0.5) is 4.79 Å². The van der Waals surface area contributed by atoms with E-state index in [0.29, 0.717) is 48.1 Å². The Morgan fingerprint density at radius 3 is 2.37 bits per heavy atom. The van der Waals surface area contributed by atoms with E-state index < -0.39 is 17.9 Å². The Bertz CT molecular complexity index is 1680. The number of unbranched alkanes of at least 4 members (excludes halogenated alkanes) is 3. The number of benzene rings is 2. The van der Waals surface area contributed by atoms with Crippen molar-refractivity contribution in [2.45, 2.75) is 80.7 Å². The predicted molar refractivity (Wildman–Crippen MR) is 190 cm³/mol. The summed E-state index contributed by atoms with van der Waals surface area (Å²) in [5.74, 6) is 0.371. The molecule has 280 valence electrons. The van der Waals surface area contributed by atoms with Crippen molar-refractivity contribution in [3.05, 3.63) is 41.0 Å². The number of methoxy groups -OCH3 is 2. The van der Waals surface area contributed by atoms with Crippen LogP contribution < -0.4 is 40.2 Å². The summed E-state index contributed by atoms with van der Waals surface area (Å²) < 4.78 is 27.9. The Morgan fingerprint density at radius 2 is 1.62 bits per heavy atom. The smallest absolute Gasteiger partial charge is 0.315 e. The number of urea groups is 1. The summed E-state index contributed by atoms with van der Waals surface area (Å²) >= 11 is 1.89. The Hall–Kier alpha value is -4.53. The lowest BCUT2D eigenvalue weighted by Gasteiger charge is -2.39. The van der Waals surface area contributed by atoms with Crippen LogP contribution in [0.15, 0.2) is 24.3 Å². The van der Waals surface area contributed by atoms with Gasteiger partial charge in [0.25, 0.3) is 0 Å². The predicted octanol–water partition coefficient (Wildman–Crippen LogP) is 3.63. The van der Waals surface area contributed by atoms with E-state index in [1.165, 1.54) is 14.2 Å². The lowest BCUT2D eigenvalue weighted by atomic mass is 9.65. The molecule has 7 atom stereocenters. The molecule has 2 aromatic carbocycles. The normalized spacial score (nSPS) is 26.4. The van der Waals surface area contributed by atoms with Crippen LogP contribution in [0.2, 0.25) is 0 Å². The van der Waals surface area contributed by atoms with Gasteiger partial charge < -0.3 is 50.1 Å². The van der Waals surface area contributed by atoms with Crippen molar-refractivity contribution in [3.63, 3.8) is 0 Å². The SMILES string of the molecule is COc1cc([C@@H]2c3cc4c(cc3[C@@H](NC(=O)CCCCCNC(=O)CCCC[C@@H]3SC[C@@H]5NC(=O)N[C@@H]53)[C@H]3COC(=O)[C@H]23)OCO4)cc(OC)c1O. The molecule has 0 saturated carbocycles. The van der Waals surface area contributed by atoms with Gasteiger partial charge in [0.1, 0.15) is 0 Å². The zero-order valence-corrected chi connectivity index (χ0v) is 30.2. The molecule has 14 nitrogen and oxygen atoms in total. The number of carbonyl (C=O) groups excluding carboxylic acids is 4.